The molecule has 0 saturated heterocycles. The van der Waals surface area contributed by atoms with Gasteiger partial charge in [-0.2, -0.15) is 17.8 Å². The van der Waals surface area contributed by atoms with Gasteiger partial charge in [0.15, 0.2) is 0 Å². The summed E-state index contributed by atoms with van der Waals surface area (Å²) in [6, 6.07) is 16.8. The third kappa shape index (κ3) is 8.10. The number of esters is 1. The number of benzene rings is 2. The van der Waals surface area contributed by atoms with E-state index in [0.29, 0.717) is 17.9 Å². The van der Waals surface area contributed by atoms with Crippen molar-refractivity contribution in [2.24, 2.45) is 9.50 Å². The zero-order valence-corrected chi connectivity index (χ0v) is 24.0. The van der Waals surface area contributed by atoms with Crippen LogP contribution < -0.4 is 10.6 Å². The van der Waals surface area contributed by atoms with Crippen LogP contribution in [-0.4, -0.2) is 88.3 Å². The Bertz CT molecular complexity index is 1310. The third-order valence-electron chi connectivity index (χ3n) is 6.08. The number of likely N-dealkylation sites (N-methyl/N-ethyl adjacent to an activating group) is 1. The summed E-state index contributed by atoms with van der Waals surface area (Å²) in [5.74, 6) is -1.15. The molecule has 0 bridgehead atoms. The van der Waals surface area contributed by atoms with Crippen molar-refractivity contribution < 1.29 is 27.5 Å². The van der Waals surface area contributed by atoms with Gasteiger partial charge in [0.05, 0.1) is 25.5 Å². The highest BCUT2D eigenvalue weighted by Gasteiger charge is 2.32. The lowest BCUT2D eigenvalue weighted by atomic mass is 9.90. The summed E-state index contributed by atoms with van der Waals surface area (Å²) in [5, 5.41) is 11.9. The van der Waals surface area contributed by atoms with Gasteiger partial charge in [-0.3, -0.25) is 9.59 Å². The van der Waals surface area contributed by atoms with Crippen molar-refractivity contribution in [3.8, 4) is 0 Å². The highest BCUT2D eigenvalue weighted by molar-refractivity contribution is 7.87. The Kier molecular flexibility index (Phi) is 11.2. The molecule has 3 rings (SSSR count). The number of carbonyl (C=O) groups excluding carboxylic acids is 2. The first-order valence-electron chi connectivity index (χ1n) is 13.0. The van der Waals surface area contributed by atoms with Crippen LogP contribution in [0, 0.1) is 0 Å². The molecule has 1 unspecified atom stereocenters. The number of guanidine groups is 1. The Morgan fingerprint density at radius 3 is 2.42 bits per heavy atom. The van der Waals surface area contributed by atoms with Crippen LogP contribution in [0.3, 0.4) is 0 Å². The number of nitrogens with zero attached hydrogens (tertiary/aromatic N) is 4. The van der Waals surface area contributed by atoms with Gasteiger partial charge < -0.3 is 20.1 Å². The van der Waals surface area contributed by atoms with E-state index in [2.05, 4.69) is 15.0 Å². The third-order valence-corrected chi connectivity index (χ3v) is 7.58. The molecule has 1 aliphatic heterocycles. The maximum atomic E-state index is 13.0. The molecule has 216 valence electrons. The monoisotopic (exact) mass is 572 g/mol. The summed E-state index contributed by atoms with van der Waals surface area (Å²) in [6.07, 6.45) is -0.372. The van der Waals surface area contributed by atoms with Crippen molar-refractivity contribution in [2.45, 2.75) is 26.2 Å². The first kappa shape index (κ1) is 30.7. The number of hydrazone groups is 1. The number of anilines is 1. The zero-order chi connectivity index (χ0) is 29.1. The van der Waals surface area contributed by atoms with Gasteiger partial charge in [-0.25, -0.2) is 5.01 Å². The number of ether oxygens (including phenoxy) is 2. The minimum Gasteiger partial charge on any atom is -0.466 e. The highest BCUT2D eigenvalue weighted by Crippen LogP contribution is 2.29. The topological polar surface area (TPSA) is 142 Å². The van der Waals surface area contributed by atoms with Crippen molar-refractivity contribution in [1.82, 2.24) is 14.6 Å². The van der Waals surface area contributed by atoms with Gasteiger partial charge in [0.25, 0.3) is 0 Å². The van der Waals surface area contributed by atoms with Crippen molar-refractivity contribution >= 4 is 39.4 Å². The standard InChI is InChI=1S/C27H36N6O6S/c1-5-32(16-17-38-4)40(36,37)31-27(28-3)33-19-23(20-10-8-7-9-11-20)26(30-33)21-12-14-22(15-13-21)29-24(34)18-25(35)39-6-2/h7-15,23H,5-6,16-19H2,1-4H3,(H,28,31)(H,29,34). The number of methoxy groups -OCH3 is 1. The molecule has 0 aliphatic carbocycles. The predicted octanol–water partition coefficient (Wildman–Crippen LogP) is 2.17. The molecule has 2 N–H and O–H groups in total. The maximum Gasteiger partial charge on any atom is 0.325 e. The number of nitrogens with one attached hydrogen (secondary N) is 2. The largest absolute Gasteiger partial charge is 0.466 e. The molecule has 13 heteroatoms. The molecule has 0 spiro atoms. The molecule has 40 heavy (non-hydrogen) atoms. The number of rotatable bonds is 12. The maximum absolute atomic E-state index is 13.0. The van der Waals surface area contributed by atoms with Crippen molar-refractivity contribution in [2.75, 3.05) is 52.3 Å². The highest BCUT2D eigenvalue weighted by atomic mass is 32.2. The zero-order valence-electron chi connectivity index (χ0n) is 23.2. The lowest BCUT2D eigenvalue weighted by Crippen LogP contribution is -2.39. The van der Waals surface area contributed by atoms with Crippen LogP contribution in [0.15, 0.2) is 64.1 Å². The fraction of sp³-hybridized carbons (Fsp3) is 0.407. The van der Waals surface area contributed by atoms with Gasteiger partial charge in [0, 0.05) is 38.9 Å². The summed E-state index contributed by atoms with van der Waals surface area (Å²) in [4.78, 5) is 23.7. The lowest BCUT2D eigenvalue weighted by molar-refractivity contribution is -0.145. The molecule has 1 amide bonds. The molecule has 12 nitrogen and oxygen atoms in total. The van der Waals surface area contributed by atoms with E-state index in [9.17, 15) is 18.0 Å². The van der Waals surface area contributed by atoms with Crippen LogP contribution >= 0.6 is 0 Å². The summed E-state index contributed by atoms with van der Waals surface area (Å²) in [6.45, 7) is 4.66. The first-order chi connectivity index (χ1) is 19.2. The summed E-state index contributed by atoms with van der Waals surface area (Å²) < 4.78 is 41.2. The second-order valence-corrected chi connectivity index (χ2v) is 10.4. The predicted molar refractivity (Wildman–Crippen MR) is 153 cm³/mol. The quantitative estimate of drug-likeness (QED) is 0.171. The van der Waals surface area contributed by atoms with E-state index in [1.165, 1.54) is 11.4 Å². The number of hydrogen-bond donors (Lipinski definition) is 2. The summed E-state index contributed by atoms with van der Waals surface area (Å²) in [7, 11) is -0.886. The fourth-order valence-corrected chi connectivity index (χ4v) is 5.28. The Balaban J connectivity index is 1.89. The molecule has 1 heterocycles. The summed E-state index contributed by atoms with van der Waals surface area (Å²) >= 11 is 0. The van der Waals surface area contributed by atoms with E-state index >= 15 is 0 Å². The molecule has 0 saturated carbocycles. The van der Waals surface area contributed by atoms with Crippen molar-refractivity contribution in [1.29, 1.82) is 0 Å². The van der Waals surface area contributed by atoms with Crippen LogP contribution in [0.4, 0.5) is 5.69 Å². The van der Waals surface area contributed by atoms with Gasteiger partial charge in [-0.15, -0.1) is 4.40 Å². The number of hydrogen-bond acceptors (Lipinski definition) is 7. The normalized spacial score (nSPS) is 15.6. The SMILES string of the molecule is CCOC(=O)CC(=O)Nc1ccc(C2=NN(/C(=N/S(=O)(=O)N(CC)CCOC)NC)CC2c2ccccc2)cc1. The van der Waals surface area contributed by atoms with Crippen LogP contribution in [0.1, 0.15) is 37.3 Å². The minimum atomic E-state index is -3.99. The second-order valence-electron chi connectivity index (χ2n) is 8.77. The Labute approximate surface area is 235 Å². The Hall–Kier alpha value is -3.81. The first-order valence-corrected chi connectivity index (χ1v) is 14.4. The molecule has 2 aromatic carbocycles. The molecule has 0 fully saturated rings. The van der Waals surface area contributed by atoms with E-state index < -0.39 is 22.1 Å². The number of carbonyl (C=O) groups is 2. The van der Waals surface area contributed by atoms with Crippen LogP contribution in [0.5, 0.6) is 0 Å². The minimum absolute atomic E-state index is 0.0923. The molecule has 0 radical (unpaired) electrons. The van der Waals surface area contributed by atoms with Gasteiger partial charge in [0.1, 0.15) is 6.42 Å². The fourth-order valence-electron chi connectivity index (χ4n) is 4.13. The molecule has 1 atom stereocenters. The number of amides is 1. The van der Waals surface area contributed by atoms with Crippen molar-refractivity contribution in [3.05, 3.63) is 65.7 Å². The van der Waals surface area contributed by atoms with E-state index in [-0.39, 0.29) is 44.6 Å². The van der Waals surface area contributed by atoms with E-state index in [4.69, 9.17) is 14.6 Å². The van der Waals surface area contributed by atoms with E-state index in [1.54, 1.807) is 38.0 Å². The Morgan fingerprint density at radius 1 is 1.12 bits per heavy atom. The van der Waals surface area contributed by atoms with Gasteiger partial charge in [0.2, 0.25) is 11.9 Å². The molecular weight excluding hydrogens is 536 g/mol. The smallest absolute Gasteiger partial charge is 0.325 e. The van der Waals surface area contributed by atoms with Gasteiger partial charge >= 0.3 is 16.2 Å². The van der Waals surface area contributed by atoms with Gasteiger partial charge in [-0.05, 0) is 30.2 Å². The van der Waals surface area contributed by atoms with Crippen molar-refractivity contribution in [3.63, 3.8) is 0 Å². The van der Waals surface area contributed by atoms with Crippen LogP contribution in [0.2, 0.25) is 0 Å². The Morgan fingerprint density at radius 2 is 1.82 bits per heavy atom. The summed E-state index contributed by atoms with van der Waals surface area (Å²) in [5.41, 5.74) is 3.02. The average molecular weight is 573 g/mol. The van der Waals surface area contributed by atoms with Crippen LogP contribution in [-0.2, 0) is 29.3 Å². The lowest BCUT2D eigenvalue weighted by Gasteiger charge is -2.21. The van der Waals surface area contributed by atoms with Crippen LogP contribution in [0.25, 0.3) is 0 Å². The molecular formula is C27H36N6O6S. The molecule has 0 aromatic heterocycles. The van der Waals surface area contributed by atoms with E-state index in [0.717, 1.165) is 11.1 Å². The van der Waals surface area contributed by atoms with Gasteiger partial charge in [-0.1, -0.05) is 49.4 Å². The van der Waals surface area contributed by atoms with E-state index in [1.807, 2.05) is 42.5 Å². The second kappa shape index (κ2) is 14.5. The molecule has 2 aromatic rings. The molecule has 1 aliphatic rings. The average Bonchev–Trinajstić information content (AvgIpc) is 3.38.